The van der Waals surface area contributed by atoms with Crippen LogP contribution in [0.1, 0.15) is 33.1 Å². The second kappa shape index (κ2) is 6.77. The van der Waals surface area contributed by atoms with Crippen LogP contribution in [-0.2, 0) is 6.54 Å². The van der Waals surface area contributed by atoms with Gasteiger partial charge in [-0.1, -0.05) is 42.5 Å². The molecule has 2 heterocycles. The van der Waals surface area contributed by atoms with Gasteiger partial charge < -0.3 is 5.11 Å². The lowest BCUT2D eigenvalue weighted by Crippen LogP contribution is -2.44. The van der Waals surface area contributed by atoms with Crippen molar-refractivity contribution < 1.29 is 9.90 Å². The first-order chi connectivity index (χ1) is 12.6. The van der Waals surface area contributed by atoms with E-state index < -0.39 is 5.97 Å². The van der Waals surface area contributed by atoms with Gasteiger partial charge in [0.05, 0.1) is 11.8 Å². The van der Waals surface area contributed by atoms with Gasteiger partial charge in [-0.15, -0.1) is 0 Å². The Balaban J connectivity index is 1.42. The molecule has 0 amide bonds. The maximum Gasteiger partial charge on any atom is 0.336 e. The van der Waals surface area contributed by atoms with E-state index in [9.17, 15) is 9.90 Å². The average Bonchev–Trinajstić information content (AvgIpc) is 3.04. The van der Waals surface area contributed by atoms with Crippen LogP contribution < -0.4 is 0 Å². The fraction of sp³-hybridized carbons (Fsp3) is 0.238. The Morgan fingerprint density at radius 3 is 2.58 bits per heavy atom. The Morgan fingerprint density at radius 2 is 1.92 bits per heavy atom. The minimum atomic E-state index is -0.898. The van der Waals surface area contributed by atoms with Gasteiger partial charge in [0.1, 0.15) is 0 Å². The number of benzene rings is 2. The molecule has 4 rings (SSSR count). The standard InChI is InChI=1S/C21H21N3O2/c1-14-10-22-23-20(14)17-12-24(13-17)11-15-6-8-16(9-7-15)18-4-2-3-5-19(18)21(25)26/h2-10,17H,11-13H2,1H3,(H,22,23)(H,25,26). The van der Waals surface area contributed by atoms with Gasteiger partial charge in [0.2, 0.25) is 0 Å². The molecule has 1 fully saturated rings. The van der Waals surface area contributed by atoms with Crippen molar-refractivity contribution in [2.75, 3.05) is 13.1 Å². The highest BCUT2D eigenvalue weighted by Crippen LogP contribution is 2.29. The monoisotopic (exact) mass is 347 g/mol. The van der Waals surface area contributed by atoms with Gasteiger partial charge >= 0.3 is 5.97 Å². The molecule has 3 aromatic rings. The first-order valence-electron chi connectivity index (χ1n) is 8.75. The Morgan fingerprint density at radius 1 is 1.19 bits per heavy atom. The number of aryl methyl sites for hydroxylation is 1. The summed E-state index contributed by atoms with van der Waals surface area (Å²) in [5.41, 5.74) is 5.74. The molecule has 0 saturated carbocycles. The van der Waals surface area contributed by atoms with Gasteiger partial charge in [-0.05, 0) is 35.2 Å². The van der Waals surface area contributed by atoms with Crippen molar-refractivity contribution in [3.05, 3.63) is 77.1 Å². The zero-order valence-corrected chi connectivity index (χ0v) is 14.6. The second-order valence-corrected chi connectivity index (χ2v) is 6.91. The number of carbonyl (C=O) groups is 1. The van der Waals surface area contributed by atoms with Crippen molar-refractivity contribution in [3.63, 3.8) is 0 Å². The van der Waals surface area contributed by atoms with Crippen LogP contribution in [0.5, 0.6) is 0 Å². The lowest BCUT2D eigenvalue weighted by Gasteiger charge is -2.39. The second-order valence-electron chi connectivity index (χ2n) is 6.91. The van der Waals surface area contributed by atoms with Gasteiger partial charge in [-0.25, -0.2) is 4.79 Å². The number of nitrogens with zero attached hydrogens (tertiary/aromatic N) is 2. The quantitative estimate of drug-likeness (QED) is 0.739. The molecule has 0 atom stereocenters. The highest BCUT2D eigenvalue weighted by atomic mass is 16.4. The van der Waals surface area contributed by atoms with Crippen molar-refractivity contribution >= 4 is 5.97 Å². The lowest BCUT2D eigenvalue weighted by molar-refractivity contribution is 0.0697. The normalized spacial score (nSPS) is 15.0. The third kappa shape index (κ3) is 3.13. The van der Waals surface area contributed by atoms with E-state index in [2.05, 4.69) is 34.2 Å². The van der Waals surface area contributed by atoms with Crippen molar-refractivity contribution in [2.24, 2.45) is 0 Å². The van der Waals surface area contributed by atoms with Gasteiger partial charge in [0.15, 0.2) is 0 Å². The Hall–Kier alpha value is -2.92. The molecular weight excluding hydrogens is 326 g/mol. The van der Waals surface area contributed by atoms with Gasteiger partial charge in [0.25, 0.3) is 0 Å². The molecule has 2 N–H and O–H groups in total. The van der Waals surface area contributed by atoms with E-state index in [4.69, 9.17) is 0 Å². The minimum absolute atomic E-state index is 0.334. The van der Waals surface area contributed by atoms with Crippen LogP contribution in [0.4, 0.5) is 0 Å². The third-order valence-corrected chi connectivity index (χ3v) is 5.06. The SMILES string of the molecule is Cc1cn[nH]c1C1CN(Cc2ccc(-c3ccccc3C(=O)O)cc2)C1. The fourth-order valence-corrected chi connectivity index (χ4v) is 3.62. The molecule has 0 radical (unpaired) electrons. The number of aromatic amines is 1. The first-order valence-corrected chi connectivity index (χ1v) is 8.75. The number of likely N-dealkylation sites (tertiary alicyclic amines) is 1. The van der Waals surface area contributed by atoms with Crippen LogP contribution >= 0.6 is 0 Å². The van der Waals surface area contributed by atoms with E-state index in [1.807, 2.05) is 30.5 Å². The molecule has 0 spiro atoms. The van der Waals surface area contributed by atoms with E-state index in [0.29, 0.717) is 11.5 Å². The molecule has 0 bridgehead atoms. The number of rotatable bonds is 5. The van der Waals surface area contributed by atoms with E-state index in [1.54, 1.807) is 12.1 Å². The maximum absolute atomic E-state index is 11.4. The average molecular weight is 347 g/mol. The number of hydrogen-bond acceptors (Lipinski definition) is 3. The summed E-state index contributed by atoms with van der Waals surface area (Å²) < 4.78 is 0. The summed E-state index contributed by atoms with van der Waals surface area (Å²) in [4.78, 5) is 13.8. The molecule has 1 saturated heterocycles. The van der Waals surface area contributed by atoms with Crippen LogP contribution in [0.25, 0.3) is 11.1 Å². The summed E-state index contributed by atoms with van der Waals surface area (Å²) in [7, 11) is 0. The number of H-pyrrole nitrogens is 1. The predicted octanol–water partition coefficient (Wildman–Crippen LogP) is 3.68. The molecule has 5 heteroatoms. The number of carboxylic acid groups (broad SMARTS) is 1. The summed E-state index contributed by atoms with van der Waals surface area (Å²) in [6.07, 6.45) is 1.88. The fourth-order valence-electron chi connectivity index (χ4n) is 3.62. The largest absolute Gasteiger partial charge is 0.478 e. The van der Waals surface area contributed by atoms with Crippen LogP contribution in [-0.4, -0.2) is 39.3 Å². The minimum Gasteiger partial charge on any atom is -0.478 e. The summed E-state index contributed by atoms with van der Waals surface area (Å²) >= 11 is 0. The first kappa shape index (κ1) is 16.5. The Labute approximate surface area is 152 Å². The summed E-state index contributed by atoms with van der Waals surface area (Å²) in [6.45, 7) is 5.07. The molecule has 0 aliphatic carbocycles. The van der Waals surface area contributed by atoms with Crippen LogP contribution in [0.15, 0.2) is 54.7 Å². The number of hydrogen-bond donors (Lipinski definition) is 2. The van der Waals surface area contributed by atoms with E-state index in [-0.39, 0.29) is 0 Å². The van der Waals surface area contributed by atoms with Crippen molar-refractivity contribution in [3.8, 4) is 11.1 Å². The van der Waals surface area contributed by atoms with E-state index in [1.165, 1.54) is 16.8 Å². The lowest BCUT2D eigenvalue weighted by atomic mass is 9.93. The molecule has 132 valence electrons. The van der Waals surface area contributed by atoms with Gasteiger partial charge in [-0.3, -0.25) is 10.00 Å². The summed E-state index contributed by atoms with van der Waals surface area (Å²) in [5.74, 6) is -0.357. The molecule has 0 unspecified atom stereocenters. The van der Waals surface area contributed by atoms with Gasteiger partial charge in [-0.2, -0.15) is 5.10 Å². The van der Waals surface area contributed by atoms with Crippen LogP contribution in [0, 0.1) is 6.92 Å². The van der Waals surface area contributed by atoms with E-state index in [0.717, 1.165) is 30.8 Å². The molecule has 2 aromatic carbocycles. The number of aromatic nitrogens is 2. The predicted molar refractivity (Wildman–Crippen MR) is 100 cm³/mol. The number of nitrogens with one attached hydrogen (secondary N) is 1. The highest BCUT2D eigenvalue weighted by molar-refractivity contribution is 5.95. The summed E-state index contributed by atoms with van der Waals surface area (Å²) in [5, 5.41) is 16.6. The molecule has 5 nitrogen and oxygen atoms in total. The van der Waals surface area contributed by atoms with Crippen molar-refractivity contribution in [2.45, 2.75) is 19.4 Å². The van der Waals surface area contributed by atoms with Crippen LogP contribution in [0.2, 0.25) is 0 Å². The molecule has 26 heavy (non-hydrogen) atoms. The van der Waals surface area contributed by atoms with Crippen molar-refractivity contribution in [1.82, 2.24) is 15.1 Å². The molecule has 1 aromatic heterocycles. The third-order valence-electron chi connectivity index (χ3n) is 5.06. The zero-order valence-electron chi connectivity index (χ0n) is 14.6. The van der Waals surface area contributed by atoms with Crippen molar-refractivity contribution in [1.29, 1.82) is 0 Å². The van der Waals surface area contributed by atoms with E-state index >= 15 is 0 Å². The molecule has 1 aliphatic heterocycles. The smallest absolute Gasteiger partial charge is 0.336 e. The maximum atomic E-state index is 11.4. The Kier molecular flexibility index (Phi) is 4.31. The number of aromatic carboxylic acids is 1. The highest BCUT2D eigenvalue weighted by Gasteiger charge is 2.30. The number of carboxylic acids is 1. The molecule has 1 aliphatic rings. The molecular formula is C21H21N3O2. The Bertz CT molecular complexity index is 924. The summed E-state index contributed by atoms with van der Waals surface area (Å²) in [6, 6.07) is 15.3. The van der Waals surface area contributed by atoms with Gasteiger partial charge in [0, 0.05) is 31.2 Å². The van der Waals surface area contributed by atoms with Crippen LogP contribution in [0.3, 0.4) is 0 Å². The topological polar surface area (TPSA) is 69.2 Å². The zero-order chi connectivity index (χ0) is 18.1.